The SMILES string of the molecule is CCc1cc(CC(=O)N2CCC(c3nccc(C)n3)CC2)n(C)n1. The van der Waals surface area contributed by atoms with Crippen molar-refractivity contribution in [3.05, 3.63) is 41.2 Å². The largest absolute Gasteiger partial charge is 0.342 e. The van der Waals surface area contributed by atoms with E-state index in [4.69, 9.17) is 0 Å². The summed E-state index contributed by atoms with van der Waals surface area (Å²) in [6.45, 7) is 5.62. The fourth-order valence-electron chi connectivity index (χ4n) is 3.23. The highest BCUT2D eigenvalue weighted by Crippen LogP contribution is 2.25. The van der Waals surface area contributed by atoms with Crippen LogP contribution >= 0.6 is 0 Å². The van der Waals surface area contributed by atoms with Gasteiger partial charge in [-0.15, -0.1) is 0 Å². The second-order valence-electron chi connectivity index (χ2n) is 6.49. The second-order valence-corrected chi connectivity index (χ2v) is 6.49. The Balaban J connectivity index is 1.58. The van der Waals surface area contributed by atoms with Crippen LogP contribution in [0, 0.1) is 6.92 Å². The van der Waals surface area contributed by atoms with Crippen LogP contribution in [0.5, 0.6) is 0 Å². The van der Waals surface area contributed by atoms with E-state index in [-0.39, 0.29) is 5.91 Å². The number of nitrogens with zero attached hydrogens (tertiary/aromatic N) is 5. The van der Waals surface area contributed by atoms with Crippen LogP contribution in [0.25, 0.3) is 0 Å². The molecule has 128 valence electrons. The molecule has 3 rings (SSSR count). The molecule has 0 N–H and O–H groups in total. The lowest BCUT2D eigenvalue weighted by atomic mass is 9.95. The lowest BCUT2D eigenvalue weighted by molar-refractivity contribution is -0.131. The smallest absolute Gasteiger partial charge is 0.228 e. The van der Waals surface area contributed by atoms with Gasteiger partial charge in [0.1, 0.15) is 5.82 Å². The fourth-order valence-corrected chi connectivity index (χ4v) is 3.23. The lowest BCUT2D eigenvalue weighted by Crippen LogP contribution is -2.39. The van der Waals surface area contributed by atoms with E-state index >= 15 is 0 Å². The van der Waals surface area contributed by atoms with Gasteiger partial charge in [-0.2, -0.15) is 5.10 Å². The van der Waals surface area contributed by atoms with Crippen molar-refractivity contribution in [3.63, 3.8) is 0 Å². The number of carbonyl (C=O) groups excluding carboxylic acids is 1. The average molecular weight is 327 g/mol. The third-order valence-electron chi connectivity index (χ3n) is 4.75. The number of rotatable bonds is 4. The molecule has 3 heterocycles. The van der Waals surface area contributed by atoms with E-state index in [1.165, 1.54) is 0 Å². The van der Waals surface area contributed by atoms with Crippen molar-refractivity contribution in [1.29, 1.82) is 0 Å². The average Bonchev–Trinajstić information content (AvgIpc) is 2.95. The molecular weight excluding hydrogens is 302 g/mol. The molecular formula is C18H25N5O. The van der Waals surface area contributed by atoms with Gasteiger partial charge in [0.15, 0.2) is 0 Å². The standard InChI is InChI=1S/C18H25N5O/c1-4-15-11-16(22(3)21-15)12-17(24)23-9-6-14(7-10-23)18-19-8-5-13(2)20-18/h5,8,11,14H,4,6-7,9-10,12H2,1-3H3. The fraction of sp³-hybridized carbons (Fsp3) is 0.556. The third kappa shape index (κ3) is 3.63. The summed E-state index contributed by atoms with van der Waals surface area (Å²) in [6.07, 6.45) is 5.00. The molecule has 2 aromatic rings. The minimum atomic E-state index is 0.185. The van der Waals surface area contributed by atoms with E-state index in [1.807, 2.05) is 41.9 Å². The number of hydrogen-bond acceptors (Lipinski definition) is 4. The first-order chi connectivity index (χ1) is 11.6. The Morgan fingerprint density at radius 3 is 2.71 bits per heavy atom. The first-order valence-corrected chi connectivity index (χ1v) is 8.66. The molecule has 1 amide bonds. The number of piperidine rings is 1. The zero-order chi connectivity index (χ0) is 17.1. The third-order valence-corrected chi connectivity index (χ3v) is 4.75. The molecule has 0 radical (unpaired) electrons. The van der Waals surface area contributed by atoms with Crippen LogP contribution in [0.1, 0.15) is 48.6 Å². The molecule has 0 unspecified atom stereocenters. The molecule has 1 fully saturated rings. The summed E-state index contributed by atoms with van der Waals surface area (Å²) in [5.74, 6) is 1.46. The van der Waals surface area contributed by atoms with Crippen LogP contribution in [0.15, 0.2) is 18.3 Å². The van der Waals surface area contributed by atoms with E-state index in [9.17, 15) is 4.79 Å². The van der Waals surface area contributed by atoms with E-state index in [2.05, 4.69) is 22.0 Å². The van der Waals surface area contributed by atoms with Gasteiger partial charge in [-0.05, 0) is 38.3 Å². The van der Waals surface area contributed by atoms with Crippen molar-refractivity contribution in [2.75, 3.05) is 13.1 Å². The maximum atomic E-state index is 12.6. The van der Waals surface area contributed by atoms with E-state index in [0.29, 0.717) is 12.3 Å². The van der Waals surface area contributed by atoms with Gasteiger partial charge >= 0.3 is 0 Å². The molecule has 1 saturated heterocycles. The maximum absolute atomic E-state index is 12.6. The Morgan fingerprint density at radius 2 is 2.08 bits per heavy atom. The van der Waals surface area contributed by atoms with Crippen molar-refractivity contribution in [1.82, 2.24) is 24.6 Å². The molecule has 24 heavy (non-hydrogen) atoms. The summed E-state index contributed by atoms with van der Waals surface area (Å²) in [7, 11) is 1.91. The van der Waals surface area contributed by atoms with Crippen molar-refractivity contribution in [2.45, 2.75) is 45.4 Å². The number of amides is 1. The van der Waals surface area contributed by atoms with Gasteiger partial charge in [-0.1, -0.05) is 6.92 Å². The van der Waals surface area contributed by atoms with Crippen LogP contribution in [0.2, 0.25) is 0 Å². The van der Waals surface area contributed by atoms with Crippen molar-refractivity contribution < 1.29 is 4.79 Å². The first-order valence-electron chi connectivity index (χ1n) is 8.66. The van der Waals surface area contributed by atoms with Crippen LogP contribution in [0.4, 0.5) is 0 Å². The number of hydrogen-bond donors (Lipinski definition) is 0. The van der Waals surface area contributed by atoms with Crippen molar-refractivity contribution >= 4 is 5.91 Å². The summed E-state index contributed by atoms with van der Waals surface area (Å²) in [5.41, 5.74) is 3.03. The van der Waals surface area contributed by atoms with Gasteiger partial charge in [-0.25, -0.2) is 9.97 Å². The highest BCUT2D eigenvalue weighted by Gasteiger charge is 2.26. The lowest BCUT2D eigenvalue weighted by Gasteiger charge is -2.31. The van der Waals surface area contributed by atoms with Crippen molar-refractivity contribution in [2.24, 2.45) is 7.05 Å². The van der Waals surface area contributed by atoms with Gasteiger partial charge in [-0.3, -0.25) is 9.48 Å². The Morgan fingerprint density at radius 1 is 1.33 bits per heavy atom. The highest BCUT2D eigenvalue weighted by molar-refractivity contribution is 5.78. The molecule has 0 saturated carbocycles. The molecule has 6 nitrogen and oxygen atoms in total. The number of aromatic nitrogens is 4. The molecule has 0 aromatic carbocycles. The Hall–Kier alpha value is -2.24. The summed E-state index contributed by atoms with van der Waals surface area (Å²) in [4.78, 5) is 23.5. The second kappa shape index (κ2) is 7.11. The predicted molar refractivity (Wildman–Crippen MR) is 91.6 cm³/mol. The van der Waals surface area contributed by atoms with Crippen LogP contribution in [0.3, 0.4) is 0 Å². The quantitative estimate of drug-likeness (QED) is 0.862. The van der Waals surface area contributed by atoms with E-state index in [1.54, 1.807) is 0 Å². The minimum absolute atomic E-state index is 0.185. The summed E-state index contributed by atoms with van der Waals surface area (Å²) in [5, 5.41) is 4.42. The van der Waals surface area contributed by atoms with Gasteiger partial charge in [0.25, 0.3) is 0 Å². The summed E-state index contributed by atoms with van der Waals surface area (Å²) in [6, 6.07) is 3.95. The summed E-state index contributed by atoms with van der Waals surface area (Å²) < 4.78 is 1.82. The number of likely N-dealkylation sites (tertiary alicyclic amines) is 1. The van der Waals surface area contributed by atoms with E-state index in [0.717, 1.165) is 55.3 Å². The molecule has 1 aliphatic heterocycles. The van der Waals surface area contributed by atoms with Crippen LogP contribution < -0.4 is 0 Å². The molecule has 0 bridgehead atoms. The minimum Gasteiger partial charge on any atom is -0.342 e. The van der Waals surface area contributed by atoms with Gasteiger partial charge < -0.3 is 4.90 Å². The van der Waals surface area contributed by atoms with Gasteiger partial charge in [0.2, 0.25) is 5.91 Å². The Kier molecular flexibility index (Phi) is 4.92. The van der Waals surface area contributed by atoms with Gasteiger partial charge in [0, 0.05) is 43.6 Å². The number of aryl methyl sites for hydroxylation is 3. The van der Waals surface area contributed by atoms with Crippen LogP contribution in [-0.4, -0.2) is 43.6 Å². The Bertz CT molecular complexity index is 716. The molecule has 0 aliphatic carbocycles. The monoisotopic (exact) mass is 327 g/mol. The van der Waals surface area contributed by atoms with Crippen LogP contribution in [-0.2, 0) is 24.7 Å². The number of carbonyl (C=O) groups is 1. The normalized spacial score (nSPS) is 15.7. The highest BCUT2D eigenvalue weighted by atomic mass is 16.2. The van der Waals surface area contributed by atoms with Gasteiger partial charge in [0.05, 0.1) is 12.1 Å². The molecule has 0 atom stereocenters. The van der Waals surface area contributed by atoms with E-state index < -0.39 is 0 Å². The predicted octanol–water partition coefficient (Wildman–Crippen LogP) is 2.03. The zero-order valence-electron chi connectivity index (χ0n) is 14.7. The summed E-state index contributed by atoms with van der Waals surface area (Å²) >= 11 is 0. The first kappa shape index (κ1) is 16.6. The topological polar surface area (TPSA) is 63.9 Å². The molecule has 2 aromatic heterocycles. The maximum Gasteiger partial charge on any atom is 0.228 e. The Labute approximate surface area is 142 Å². The van der Waals surface area contributed by atoms with Crippen molar-refractivity contribution in [3.8, 4) is 0 Å². The molecule has 0 spiro atoms. The molecule has 6 heteroatoms. The zero-order valence-corrected chi connectivity index (χ0v) is 14.7. The molecule has 1 aliphatic rings.